The number of anilines is 1. The molecule has 0 aliphatic carbocycles. The van der Waals surface area contributed by atoms with Gasteiger partial charge in [-0.15, -0.1) is 0 Å². The molecular weight excluding hydrogens is 320 g/mol. The van der Waals surface area contributed by atoms with E-state index >= 15 is 0 Å². The van der Waals surface area contributed by atoms with Gasteiger partial charge in [-0.25, -0.2) is 9.79 Å². The number of para-hydroxylation sites is 1. The minimum atomic E-state index is -0.472. The van der Waals surface area contributed by atoms with Crippen LogP contribution >= 0.6 is 0 Å². The quantitative estimate of drug-likeness (QED) is 0.802. The van der Waals surface area contributed by atoms with Crippen molar-refractivity contribution in [3.05, 3.63) is 60.2 Å². The third kappa shape index (κ3) is 4.35. The van der Waals surface area contributed by atoms with Crippen LogP contribution in [-0.4, -0.2) is 25.0 Å². The molecule has 0 fully saturated rings. The first kappa shape index (κ1) is 16.5. The number of aliphatic imine (C=N–C) groups is 1. The lowest BCUT2D eigenvalue weighted by Gasteiger charge is -2.21. The first-order valence-corrected chi connectivity index (χ1v) is 7.78. The molecule has 3 rings (SSSR count). The third-order valence-electron chi connectivity index (χ3n) is 3.69. The maximum absolute atomic E-state index is 12.0. The van der Waals surface area contributed by atoms with Crippen LogP contribution in [-0.2, 0) is 4.79 Å². The van der Waals surface area contributed by atoms with Crippen LogP contribution in [0, 0.1) is 0 Å². The molecule has 7 heteroatoms. The number of guanidine groups is 1. The number of amides is 3. The highest BCUT2D eigenvalue weighted by Gasteiger charge is 2.23. The number of methoxy groups -OCH3 is 1. The summed E-state index contributed by atoms with van der Waals surface area (Å²) in [7, 11) is 1.59. The molecule has 1 aliphatic heterocycles. The molecule has 2 aromatic carbocycles. The van der Waals surface area contributed by atoms with Gasteiger partial charge in [0.1, 0.15) is 5.75 Å². The first-order valence-electron chi connectivity index (χ1n) is 7.78. The molecule has 7 nitrogen and oxygen atoms in total. The molecule has 1 atom stereocenters. The molecule has 1 heterocycles. The largest absolute Gasteiger partial charge is 0.497 e. The zero-order valence-electron chi connectivity index (χ0n) is 13.7. The monoisotopic (exact) mass is 338 g/mol. The van der Waals surface area contributed by atoms with Crippen LogP contribution in [0.3, 0.4) is 0 Å². The number of carbonyl (C=O) groups excluding carboxylic acids is 2. The summed E-state index contributed by atoms with van der Waals surface area (Å²) in [5, 5.41) is 7.81. The fraction of sp³-hybridized carbons (Fsp3) is 0.167. The van der Waals surface area contributed by atoms with Crippen LogP contribution in [0.1, 0.15) is 18.0 Å². The highest BCUT2D eigenvalue weighted by Crippen LogP contribution is 2.25. The summed E-state index contributed by atoms with van der Waals surface area (Å²) in [6.45, 7) is 0. The first-order chi connectivity index (χ1) is 12.1. The Labute approximate surface area is 145 Å². The number of ether oxygens (including phenoxy) is 1. The Morgan fingerprint density at radius 2 is 1.84 bits per heavy atom. The van der Waals surface area contributed by atoms with Crippen molar-refractivity contribution in [2.24, 2.45) is 4.99 Å². The molecule has 0 radical (unpaired) electrons. The minimum absolute atomic E-state index is 0.130. The summed E-state index contributed by atoms with van der Waals surface area (Å²) >= 11 is 0. The summed E-state index contributed by atoms with van der Waals surface area (Å²) in [4.78, 5) is 28.4. The van der Waals surface area contributed by atoms with Gasteiger partial charge in [-0.3, -0.25) is 15.4 Å². The number of nitrogens with one attached hydrogen (secondary N) is 3. The van der Waals surface area contributed by atoms with Crippen molar-refractivity contribution in [2.75, 3.05) is 12.4 Å². The van der Waals surface area contributed by atoms with E-state index in [-0.39, 0.29) is 24.3 Å². The lowest BCUT2D eigenvalue weighted by molar-refractivity contribution is -0.120. The van der Waals surface area contributed by atoms with E-state index < -0.39 is 6.03 Å². The Kier molecular flexibility index (Phi) is 4.94. The van der Waals surface area contributed by atoms with Crippen molar-refractivity contribution in [3.8, 4) is 5.75 Å². The second-order valence-electron chi connectivity index (χ2n) is 5.46. The summed E-state index contributed by atoms with van der Waals surface area (Å²) in [5.74, 6) is 0.657. The van der Waals surface area contributed by atoms with E-state index in [4.69, 9.17) is 4.74 Å². The SMILES string of the molecule is COc1ccc(C2CC(=O)NC(NC(=O)Nc3ccccc3)=N2)cc1. The smallest absolute Gasteiger partial charge is 0.326 e. The maximum atomic E-state index is 12.0. The summed E-state index contributed by atoms with van der Waals surface area (Å²) in [5.41, 5.74) is 1.52. The molecule has 0 saturated heterocycles. The van der Waals surface area contributed by atoms with Gasteiger partial charge in [0, 0.05) is 5.69 Å². The Balaban J connectivity index is 1.70. The second-order valence-corrected chi connectivity index (χ2v) is 5.46. The topological polar surface area (TPSA) is 91.8 Å². The van der Waals surface area contributed by atoms with Crippen LogP contribution in [0.5, 0.6) is 5.75 Å². The van der Waals surface area contributed by atoms with Crippen LogP contribution in [0.2, 0.25) is 0 Å². The minimum Gasteiger partial charge on any atom is -0.497 e. The van der Waals surface area contributed by atoms with E-state index in [1.807, 2.05) is 42.5 Å². The molecule has 128 valence electrons. The highest BCUT2D eigenvalue weighted by molar-refractivity contribution is 6.08. The van der Waals surface area contributed by atoms with Gasteiger partial charge in [0.2, 0.25) is 11.9 Å². The molecule has 0 saturated carbocycles. The molecule has 3 N–H and O–H groups in total. The van der Waals surface area contributed by atoms with Crippen molar-refractivity contribution in [1.29, 1.82) is 0 Å². The Bertz CT molecular complexity index is 788. The van der Waals surface area contributed by atoms with Crippen molar-refractivity contribution >= 4 is 23.6 Å². The van der Waals surface area contributed by atoms with Gasteiger partial charge in [0.05, 0.1) is 19.6 Å². The number of nitrogens with zero attached hydrogens (tertiary/aromatic N) is 1. The fourth-order valence-corrected chi connectivity index (χ4v) is 2.47. The maximum Gasteiger partial charge on any atom is 0.326 e. The second kappa shape index (κ2) is 7.48. The normalized spacial score (nSPS) is 16.4. The summed E-state index contributed by atoms with van der Waals surface area (Å²) in [6.07, 6.45) is 0.220. The highest BCUT2D eigenvalue weighted by atomic mass is 16.5. The van der Waals surface area contributed by atoms with Crippen molar-refractivity contribution in [2.45, 2.75) is 12.5 Å². The zero-order chi connectivity index (χ0) is 17.6. The predicted molar refractivity (Wildman–Crippen MR) is 94.5 cm³/mol. The number of hydrogen-bond acceptors (Lipinski definition) is 4. The van der Waals surface area contributed by atoms with Crippen molar-refractivity contribution in [3.63, 3.8) is 0 Å². The predicted octanol–water partition coefficient (Wildman–Crippen LogP) is 2.43. The Morgan fingerprint density at radius 3 is 2.52 bits per heavy atom. The van der Waals surface area contributed by atoms with E-state index in [0.29, 0.717) is 5.69 Å². The number of benzene rings is 2. The number of rotatable bonds is 3. The number of urea groups is 1. The molecular formula is C18H18N4O3. The van der Waals surface area contributed by atoms with Crippen LogP contribution in [0.15, 0.2) is 59.6 Å². The lowest BCUT2D eigenvalue weighted by Crippen LogP contribution is -2.48. The van der Waals surface area contributed by atoms with Gasteiger partial charge in [-0.05, 0) is 29.8 Å². The number of hydrogen-bond donors (Lipinski definition) is 3. The molecule has 2 aromatic rings. The number of carbonyl (C=O) groups is 2. The molecule has 3 amide bonds. The van der Waals surface area contributed by atoms with Crippen LogP contribution in [0.25, 0.3) is 0 Å². The van der Waals surface area contributed by atoms with Gasteiger partial charge in [-0.2, -0.15) is 0 Å². The van der Waals surface area contributed by atoms with E-state index in [1.54, 1.807) is 19.2 Å². The summed E-state index contributed by atoms with van der Waals surface area (Å²) < 4.78 is 5.13. The molecule has 25 heavy (non-hydrogen) atoms. The molecule has 0 spiro atoms. The van der Waals surface area contributed by atoms with Crippen molar-refractivity contribution in [1.82, 2.24) is 10.6 Å². The standard InChI is InChI=1S/C18H18N4O3/c1-25-14-9-7-12(8-10-14)15-11-16(23)21-17(20-15)22-18(24)19-13-5-3-2-4-6-13/h2-10,15H,11H2,1H3,(H3,19,20,21,22,23,24). The lowest BCUT2D eigenvalue weighted by atomic mass is 10.0. The van der Waals surface area contributed by atoms with E-state index in [0.717, 1.165) is 11.3 Å². The van der Waals surface area contributed by atoms with E-state index in [1.165, 1.54) is 0 Å². The van der Waals surface area contributed by atoms with Crippen LogP contribution in [0.4, 0.5) is 10.5 Å². The van der Waals surface area contributed by atoms with E-state index in [2.05, 4.69) is 20.9 Å². The van der Waals surface area contributed by atoms with Gasteiger partial charge >= 0.3 is 6.03 Å². The molecule has 1 aliphatic rings. The molecule has 1 unspecified atom stereocenters. The average Bonchev–Trinajstić information content (AvgIpc) is 2.62. The van der Waals surface area contributed by atoms with Gasteiger partial charge in [-0.1, -0.05) is 30.3 Å². The van der Waals surface area contributed by atoms with Gasteiger partial charge in [0.25, 0.3) is 0 Å². The van der Waals surface area contributed by atoms with Crippen LogP contribution < -0.4 is 20.7 Å². The van der Waals surface area contributed by atoms with Gasteiger partial charge in [0.15, 0.2) is 0 Å². The van der Waals surface area contributed by atoms with Crippen molar-refractivity contribution < 1.29 is 14.3 Å². The molecule has 0 aromatic heterocycles. The van der Waals surface area contributed by atoms with E-state index in [9.17, 15) is 9.59 Å². The summed E-state index contributed by atoms with van der Waals surface area (Å²) in [6, 6.07) is 15.5. The Morgan fingerprint density at radius 1 is 1.12 bits per heavy atom. The zero-order valence-corrected chi connectivity index (χ0v) is 13.7. The van der Waals surface area contributed by atoms with Gasteiger partial charge < -0.3 is 10.1 Å². The fourth-order valence-electron chi connectivity index (χ4n) is 2.47. The Hall–Kier alpha value is -3.35. The average molecular weight is 338 g/mol. The third-order valence-corrected chi connectivity index (χ3v) is 3.69. The molecule has 0 bridgehead atoms.